The van der Waals surface area contributed by atoms with Gasteiger partial charge in [0, 0.05) is 11.1 Å². The Morgan fingerprint density at radius 1 is 1.15 bits per heavy atom. The molecule has 1 fully saturated rings. The number of urea groups is 1. The van der Waals surface area contributed by atoms with Crippen LogP contribution in [0.1, 0.15) is 5.56 Å². The number of carbonyl (C=O) groups is 2. The number of alkyl halides is 3. The number of imide groups is 1. The van der Waals surface area contributed by atoms with Crippen LogP contribution < -0.4 is 10.6 Å². The first-order chi connectivity index (χ1) is 12.2. The second-order valence-electron chi connectivity index (χ2n) is 5.48. The summed E-state index contributed by atoms with van der Waals surface area (Å²) in [4.78, 5) is 30.8. The molecule has 3 amide bonds. The molecule has 1 aromatic heterocycles. The molecule has 136 valence electrons. The fraction of sp³-hybridized carbons (Fsp3) is 0.188. The molecule has 0 unspecified atom stereocenters. The number of anilines is 2. The number of nitrogens with zero attached hydrogens (tertiary/aromatic N) is 3. The van der Waals surface area contributed by atoms with E-state index in [-0.39, 0.29) is 35.4 Å². The van der Waals surface area contributed by atoms with Gasteiger partial charge >= 0.3 is 11.5 Å². The predicted molar refractivity (Wildman–Crippen MR) is 90.3 cm³/mol. The van der Waals surface area contributed by atoms with Crippen molar-refractivity contribution in [3.8, 4) is 0 Å². The maximum Gasteiger partial charge on any atom is 0.446 e. The lowest BCUT2D eigenvalue weighted by atomic mass is 10.2. The number of nitrogen functional groups attached to an aromatic ring is 1. The van der Waals surface area contributed by atoms with Crippen LogP contribution in [0.3, 0.4) is 0 Å². The van der Waals surface area contributed by atoms with E-state index in [1.165, 1.54) is 41.6 Å². The Hall–Kier alpha value is -2.75. The predicted octanol–water partition coefficient (Wildman–Crippen LogP) is 3.24. The molecule has 26 heavy (non-hydrogen) atoms. The summed E-state index contributed by atoms with van der Waals surface area (Å²) in [6.07, 6.45) is 2.98. The number of aromatic nitrogens is 1. The van der Waals surface area contributed by atoms with Crippen LogP contribution in [0.2, 0.25) is 0 Å². The van der Waals surface area contributed by atoms with Crippen molar-refractivity contribution < 1.29 is 22.8 Å². The molecule has 10 heteroatoms. The summed E-state index contributed by atoms with van der Waals surface area (Å²) in [7, 11) is 0. The summed E-state index contributed by atoms with van der Waals surface area (Å²) in [5, 5.41) is 0. The van der Waals surface area contributed by atoms with Crippen LogP contribution >= 0.6 is 11.8 Å². The van der Waals surface area contributed by atoms with Gasteiger partial charge in [0.15, 0.2) is 0 Å². The lowest BCUT2D eigenvalue weighted by Crippen LogP contribution is -2.32. The van der Waals surface area contributed by atoms with E-state index in [1.54, 1.807) is 6.07 Å². The highest BCUT2D eigenvalue weighted by Crippen LogP contribution is 2.37. The maximum atomic E-state index is 12.5. The average Bonchev–Trinajstić information content (AvgIpc) is 2.83. The zero-order chi connectivity index (χ0) is 18.9. The van der Waals surface area contributed by atoms with Gasteiger partial charge in [0.05, 0.1) is 24.1 Å². The monoisotopic (exact) mass is 382 g/mol. The molecule has 1 aromatic carbocycles. The lowest BCUT2D eigenvalue weighted by molar-refractivity contribution is -0.116. The highest BCUT2D eigenvalue weighted by Gasteiger charge is 2.37. The number of benzene rings is 1. The van der Waals surface area contributed by atoms with E-state index >= 15 is 0 Å². The standard InChI is InChI=1S/C16H13F3N4O2S/c17-16(18,19)26-12-3-1-11(2-4-12)23-14(24)9-22(15(23)25)8-10-5-6-21-7-13(10)20/h1-7H,8-9,20H2. The molecule has 0 radical (unpaired) electrons. The smallest absolute Gasteiger partial charge is 0.397 e. The molecule has 3 rings (SSSR count). The zero-order valence-electron chi connectivity index (χ0n) is 13.2. The minimum absolute atomic E-state index is 0.0261. The first-order valence-corrected chi connectivity index (χ1v) is 8.22. The number of nitrogens with two attached hydrogens (primary N) is 1. The van der Waals surface area contributed by atoms with Crippen molar-refractivity contribution in [3.05, 3.63) is 48.3 Å². The van der Waals surface area contributed by atoms with Crippen LogP contribution in [-0.4, -0.2) is 33.9 Å². The van der Waals surface area contributed by atoms with Crippen molar-refractivity contribution in [2.24, 2.45) is 0 Å². The number of halogens is 3. The number of hydrogen-bond donors (Lipinski definition) is 1. The normalized spacial score (nSPS) is 15.0. The summed E-state index contributed by atoms with van der Waals surface area (Å²) in [5.41, 5.74) is 2.67. The average molecular weight is 382 g/mol. The Kier molecular flexibility index (Phi) is 4.77. The van der Waals surface area contributed by atoms with Gasteiger partial charge in [-0.05, 0) is 47.7 Å². The van der Waals surface area contributed by atoms with Crippen LogP contribution in [0.5, 0.6) is 0 Å². The molecule has 2 aromatic rings. The molecule has 6 nitrogen and oxygen atoms in total. The Labute approximate surface area is 150 Å². The summed E-state index contributed by atoms with van der Waals surface area (Å²) in [6, 6.07) is 6.17. The largest absolute Gasteiger partial charge is 0.446 e. The van der Waals surface area contributed by atoms with Crippen molar-refractivity contribution >= 4 is 35.1 Å². The lowest BCUT2D eigenvalue weighted by Gasteiger charge is -2.18. The van der Waals surface area contributed by atoms with Gasteiger partial charge in [0.1, 0.15) is 6.54 Å². The minimum Gasteiger partial charge on any atom is -0.397 e. The van der Waals surface area contributed by atoms with E-state index in [0.717, 1.165) is 4.90 Å². The SMILES string of the molecule is Nc1cnccc1CN1CC(=O)N(c2ccc(SC(F)(F)F)cc2)C1=O. The molecule has 2 N–H and O–H groups in total. The third-order valence-corrected chi connectivity index (χ3v) is 4.41. The Morgan fingerprint density at radius 3 is 2.46 bits per heavy atom. The van der Waals surface area contributed by atoms with E-state index in [4.69, 9.17) is 5.73 Å². The zero-order valence-corrected chi connectivity index (χ0v) is 14.0. The number of amides is 3. The van der Waals surface area contributed by atoms with Gasteiger partial charge in [-0.15, -0.1) is 0 Å². The quantitative estimate of drug-likeness (QED) is 0.649. The van der Waals surface area contributed by atoms with E-state index < -0.39 is 17.4 Å². The fourth-order valence-corrected chi connectivity index (χ4v) is 3.05. The fourth-order valence-electron chi connectivity index (χ4n) is 2.51. The second kappa shape index (κ2) is 6.87. The number of hydrogen-bond acceptors (Lipinski definition) is 5. The highest BCUT2D eigenvalue weighted by molar-refractivity contribution is 8.00. The van der Waals surface area contributed by atoms with Gasteiger partial charge in [-0.3, -0.25) is 9.78 Å². The molecule has 1 aliphatic rings. The summed E-state index contributed by atoms with van der Waals surface area (Å²) >= 11 is -0.261. The van der Waals surface area contributed by atoms with Crippen LogP contribution in [0.15, 0.2) is 47.6 Å². The molecule has 0 saturated carbocycles. The van der Waals surface area contributed by atoms with Gasteiger partial charge in [0.2, 0.25) is 0 Å². The van der Waals surface area contributed by atoms with Gasteiger partial charge in [-0.2, -0.15) is 13.2 Å². The van der Waals surface area contributed by atoms with Gasteiger partial charge in [0.25, 0.3) is 5.91 Å². The van der Waals surface area contributed by atoms with Crippen molar-refractivity contribution in [1.82, 2.24) is 9.88 Å². The third kappa shape index (κ3) is 3.90. The second-order valence-corrected chi connectivity index (χ2v) is 6.62. The van der Waals surface area contributed by atoms with Crippen LogP contribution in [0, 0.1) is 0 Å². The van der Waals surface area contributed by atoms with Crippen molar-refractivity contribution in [2.75, 3.05) is 17.2 Å². The molecule has 0 spiro atoms. The molecule has 0 bridgehead atoms. The van der Waals surface area contributed by atoms with E-state index in [0.29, 0.717) is 11.3 Å². The number of thioether (sulfide) groups is 1. The third-order valence-electron chi connectivity index (χ3n) is 3.67. The van der Waals surface area contributed by atoms with E-state index in [2.05, 4.69) is 4.98 Å². The first-order valence-electron chi connectivity index (χ1n) is 7.40. The van der Waals surface area contributed by atoms with Crippen LogP contribution in [-0.2, 0) is 11.3 Å². The molecule has 1 aliphatic heterocycles. The van der Waals surface area contributed by atoms with E-state index in [1.807, 2.05) is 0 Å². The van der Waals surface area contributed by atoms with Crippen LogP contribution in [0.4, 0.5) is 29.3 Å². The number of carbonyl (C=O) groups excluding carboxylic acids is 2. The number of pyridine rings is 1. The van der Waals surface area contributed by atoms with E-state index in [9.17, 15) is 22.8 Å². The maximum absolute atomic E-state index is 12.5. The summed E-state index contributed by atoms with van der Waals surface area (Å²) in [6.45, 7) is -0.00289. The van der Waals surface area contributed by atoms with Crippen LogP contribution in [0.25, 0.3) is 0 Å². The molecular formula is C16H13F3N4O2S. The Morgan fingerprint density at radius 2 is 1.85 bits per heavy atom. The van der Waals surface area contributed by atoms with Gasteiger partial charge in [-0.1, -0.05) is 0 Å². The Balaban J connectivity index is 1.76. The van der Waals surface area contributed by atoms with Crippen molar-refractivity contribution in [1.29, 1.82) is 0 Å². The van der Waals surface area contributed by atoms with Crippen molar-refractivity contribution in [2.45, 2.75) is 16.9 Å². The molecular weight excluding hydrogens is 369 g/mol. The highest BCUT2D eigenvalue weighted by atomic mass is 32.2. The topological polar surface area (TPSA) is 79.5 Å². The number of rotatable bonds is 4. The summed E-state index contributed by atoms with van der Waals surface area (Å²) in [5.74, 6) is -0.459. The van der Waals surface area contributed by atoms with Gasteiger partial charge < -0.3 is 10.6 Å². The molecule has 0 atom stereocenters. The molecule has 0 aliphatic carbocycles. The molecule has 2 heterocycles. The first kappa shape index (κ1) is 18.1. The molecule has 1 saturated heterocycles. The van der Waals surface area contributed by atoms with Crippen molar-refractivity contribution in [3.63, 3.8) is 0 Å². The van der Waals surface area contributed by atoms with Gasteiger partial charge in [-0.25, -0.2) is 9.69 Å². The Bertz CT molecular complexity index is 842. The summed E-state index contributed by atoms with van der Waals surface area (Å²) < 4.78 is 37.1. The minimum atomic E-state index is -4.40.